The molecule has 0 aliphatic rings. The van der Waals surface area contributed by atoms with Crippen molar-refractivity contribution >= 4 is 23.6 Å². The van der Waals surface area contributed by atoms with Crippen molar-refractivity contribution in [3.8, 4) is 5.88 Å². The molecule has 9 heteroatoms. The Morgan fingerprint density at radius 3 is 2.74 bits per heavy atom. The molecule has 1 N–H and O–H groups in total. The number of pyridine rings is 2. The lowest BCUT2D eigenvalue weighted by molar-refractivity contribution is -0.137. The molecule has 0 saturated carbocycles. The van der Waals surface area contributed by atoms with Crippen molar-refractivity contribution in [2.45, 2.75) is 19.5 Å². The highest BCUT2D eigenvalue weighted by Crippen LogP contribution is 2.33. The first kappa shape index (κ1) is 20.7. The maximum atomic E-state index is 12.5. The van der Waals surface area contributed by atoms with Gasteiger partial charge in [-0.3, -0.25) is 9.78 Å². The Morgan fingerprint density at radius 2 is 2.07 bits per heavy atom. The van der Waals surface area contributed by atoms with Gasteiger partial charge in [0.25, 0.3) is 0 Å². The highest BCUT2D eigenvalue weighted by molar-refractivity contribution is 6.31. The van der Waals surface area contributed by atoms with Crippen molar-refractivity contribution in [1.29, 1.82) is 0 Å². The van der Waals surface area contributed by atoms with Gasteiger partial charge in [-0.25, -0.2) is 4.98 Å². The topological polar surface area (TPSA) is 64.1 Å². The van der Waals surface area contributed by atoms with Gasteiger partial charge in [-0.15, -0.1) is 0 Å². The number of nitrogens with zero attached hydrogens (tertiary/aromatic N) is 2. The van der Waals surface area contributed by atoms with E-state index in [0.717, 1.165) is 17.2 Å². The van der Waals surface area contributed by atoms with Gasteiger partial charge in [0, 0.05) is 31.2 Å². The number of amides is 1. The van der Waals surface area contributed by atoms with Crippen LogP contribution in [0.4, 0.5) is 13.2 Å². The number of rotatable bonds is 7. The number of aromatic nitrogens is 2. The lowest BCUT2D eigenvalue weighted by atomic mass is 10.2. The second-order valence-corrected chi connectivity index (χ2v) is 6.04. The fraction of sp³-hybridized carbons (Fsp3) is 0.278. The van der Waals surface area contributed by atoms with Crippen LogP contribution >= 0.6 is 11.6 Å². The molecule has 1 amide bonds. The molecule has 2 heterocycles. The number of nitrogens with one attached hydrogen (secondary N) is 1. The summed E-state index contributed by atoms with van der Waals surface area (Å²) < 4.78 is 42.8. The van der Waals surface area contributed by atoms with Crippen LogP contribution in [0, 0.1) is 6.92 Å². The van der Waals surface area contributed by atoms with Crippen LogP contribution in [0.5, 0.6) is 5.88 Å². The summed E-state index contributed by atoms with van der Waals surface area (Å²) in [5.74, 6) is -0.356. The van der Waals surface area contributed by atoms with Crippen molar-refractivity contribution in [2.24, 2.45) is 0 Å². The van der Waals surface area contributed by atoms with Crippen molar-refractivity contribution in [1.82, 2.24) is 15.3 Å². The molecule has 0 fully saturated rings. The summed E-state index contributed by atoms with van der Waals surface area (Å²) in [4.78, 5) is 19.3. The van der Waals surface area contributed by atoms with Crippen LogP contribution in [0.1, 0.15) is 23.1 Å². The molecular formula is C18H17ClF3N3O2. The first-order chi connectivity index (χ1) is 12.8. The van der Waals surface area contributed by atoms with Crippen molar-refractivity contribution in [3.63, 3.8) is 0 Å². The normalized spacial score (nSPS) is 11.6. The van der Waals surface area contributed by atoms with Gasteiger partial charge in [0.15, 0.2) is 0 Å². The van der Waals surface area contributed by atoms with E-state index in [-0.39, 0.29) is 23.4 Å². The summed E-state index contributed by atoms with van der Waals surface area (Å²) in [7, 11) is 0. The van der Waals surface area contributed by atoms with Gasteiger partial charge >= 0.3 is 6.18 Å². The number of halogens is 4. The van der Waals surface area contributed by atoms with Crippen molar-refractivity contribution in [2.75, 3.05) is 13.2 Å². The Hall–Kier alpha value is -2.61. The number of carbonyl (C=O) groups is 1. The van der Waals surface area contributed by atoms with Gasteiger partial charge in [-0.05, 0) is 42.7 Å². The minimum absolute atomic E-state index is 0.0807. The number of carbonyl (C=O) groups excluding carboxylic acids is 1. The molecule has 0 unspecified atom stereocenters. The smallest absolute Gasteiger partial charge is 0.417 e. The third kappa shape index (κ3) is 6.90. The van der Waals surface area contributed by atoms with Gasteiger partial charge in [-0.1, -0.05) is 11.6 Å². The van der Waals surface area contributed by atoms with Crippen molar-refractivity contribution in [3.05, 3.63) is 58.5 Å². The van der Waals surface area contributed by atoms with E-state index < -0.39 is 11.7 Å². The zero-order chi connectivity index (χ0) is 19.9. The molecule has 0 aromatic carbocycles. The largest absolute Gasteiger partial charge is 0.477 e. The SMILES string of the molecule is Cc1cncc(/C=C/C(=O)NCCCOc2ncc(C(F)(F)F)cc2Cl)c1. The molecule has 0 atom stereocenters. The Morgan fingerprint density at radius 1 is 1.30 bits per heavy atom. The first-order valence-electron chi connectivity index (χ1n) is 7.99. The van der Waals surface area contributed by atoms with E-state index in [1.807, 2.05) is 13.0 Å². The van der Waals surface area contributed by atoms with E-state index in [2.05, 4.69) is 15.3 Å². The minimum Gasteiger partial charge on any atom is -0.477 e. The molecule has 0 bridgehead atoms. The summed E-state index contributed by atoms with van der Waals surface area (Å²) in [5, 5.41) is 2.45. The summed E-state index contributed by atoms with van der Waals surface area (Å²) in [5.41, 5.74) is 0.865. The molecule has 5 nitrogen and oxygen atoms in total. The molecule has 2 aromatic heterocycles. The average molecular weight is 400 g/mol. The summed E-state index contributed by atoms with van der Waals surface area (Å²) in [6.07, 6.45) is 2.99. The fourth-order valence-corrected chi connectivity index (χ4v) is 2.26. The Balaban J connectivity index is 1.72. The highest BCUT2D eigenvalue weighted by Gasteiger charge is 2.31. The zero-order valence-electron chi connectivity index (χ0n) is 14.4. The summed E-state index contributed by atoms with van der Waals surface area (Å²) in [6, 6.07) is 2.65. The molecule has 0 radical (unpaired) electrons. The number of alkyl halides is 3. The minimum atomic E-state index is -4.51. The lowest BCUT2D eigenvalue weighted by Crippen LogP contribution is -2.23. The predicted octanol–water partition coefficient (Wildman–Crippen LogP) is 4.06. The lowest BCUT2D eigenvalue weighted by Gasteiger charge is -2.10. The number of hydrogen-bond donors (Lipinski definition) is 1. The zero-order valence-corrected chi connectivity index (χ0v) is 15.1. The molecule has 144 valence electrons. The van der Waals surface area contributed by atoms with Crippen LogP contribution in [0.2, 0.25) is 5.02 Å². The third-order valence-electron chi connectivity index (χ3n) is 3.32. The van der Waals surface area contributed by atoms with Gasteiger partial charge in [0.05, 0.1) is 12.2 Å². The van der Waals surface area contributed by atoms with Crippen LogP contribution in [0.15, 0.2) is 36.8 Å². The highest BCUT2D eigenvalue weighted by atomic mass is 35.5. The van der Waals surface area contributed by atoms with E-state index >= 15 is 0 Å². The Labute approximate surface area is 159 Å². The van der Waals surface area contributed by atoms with E-state index in [0.29, 0.717) is 19.2 Å². The number of aryl methyl sites for hydroxylation is 1. The molecule has 0 aliphatic carbocycles. The van der Waals surface area contributed by atoms with Crippen LogP contribution in [-0.2, 0) is 11.0 Å². The van der Waals surface area contributed by atoms with Gasteiger partial charge in [0.2, 0.25) is 11.8 Å². The third-order valence-corrected chi connectivity index (χ3v) is 3.59. The van der Waals surface area contributed by atoms with Gasteiger partial charge in [-0.2, -0.15) is 13.2 Å². The van der Waals surface area contributed by atoms with Crippen molar-refractivity contribution < 1.29 is 22.7 Å². The molecule has 2 rings (SSSR count). The van der Waals surface area contributed by atoms with Crippen LogP contribution < -0.4 is 10.1 Å². The van der Waals surface area contributed by atoms with E-state index in [4.69, 9.17) is 16.3 Å². The second-order valence-electron chi connectivity index (χ2n) is 5.63. The molecule has 0 saturated heterocycles. The number of hydrogen-bond acceptors (Lipinski definition) is 4. The van der Waals surface area contributed by atoms with Crippen LogP contribution in [0.25, 0.3) is 6.08 Å². The molecular weight excluding hydrogens is 383 g/mol. The fourth-order valence-electron chi connectivity index (χ4n) is 2.04. The molecule has 0 spiro atoms. The van der Waals surface area contributed by atoms with Gasteiger partial charge < -0.3 is 10.1 Å². The molecule has 2 aromatic rings. The van der Waals surface area contributed by atoms with Crippen LogP contribution in [0.3, 0.4) is 0 Å². The number of ether oxygens (including phenoxy) is 1. The molecule has 27 heavy (non-hydrogen) atoms. The summed E-state index contributed by atoms with van der Waals surface area (Å²) >= 11 is 5.74. The Bertz CT molecular complexity index is 826. The standard InChI is InChI=1S/C18H17ClF3N3O2/c1-12-7-13(10-23-9-12)3-4-16(26)24-5-2-6-27-17-15(19)8-14(11-25-17)18(20,21)22/h3-4,7-11H,2,5-6H2,1H3,(H,24,26)/b4-3+. The van der Waals surface area contributed by atoms with E-state index in [9.17, 15) is 18.0 Å². The predicted molar refractivity (Wildman–Crippen MR) is 95.4 cm³/mol. The maximum absolute atomic E-state index is 12.5. The monoisotopic (exact) mass is 399 g/mol. The first-order valence-corrected chi connectivity index (χ1v) is 8.36. The Kier molecular flexibility index (Phi) is 7.18. The van der Waals surface area contributed by atoms with Gasteiger partial charge in [0.1, 0.15) is 5.02 Å². The van der Waals surface area contributed by atoms with E-state index in [1.165, 1.54) is 6.08 Å². The summed E-state index contributed by atoms with van der Waals surface area (Å²) in [6.45, 7) is 2.37. The van der Waals surface area contributed by atoms with E-state index in [1.54, 1.807) is 18.5 Å². The van der Waals surface area contributed by atoms with Crippen LogP contribution in [-0.4, -0.2) is 29.0 Å². The average Bonchev–Trinajstić information content (AvgIpc) is 2.60. The molecule has 0 aliphatic heterocycles. The quantitative estimate of drug-likeness (QED) is 0.563. The maximum Gasteiger partial charge on any atom is 0.417 e. The second kappa shape index (κ2) is 9.36.